The molecule has 8 fully saturated rings. The summed E-state index contributed by atoms with van der Waals surface area (Å²) in [5, 5.41) is 11.0. The second-order valence-electron chi connectivity index (χ2n) is 21.6. The topological polar surface area (TPSA) is 0 Å². The third kappa shape index (κ3) is 10.3. The van der Waals surface area contributed by atoms with E-state index in [2.05, 4.69) is 159 Å². The molecular weight excluding hydrogens is 959 g/mol. The average Bonchev–Trinajstić information content (AvgIpc) is 3.95. The zero-order valence-electron chi connectivity index (χ0n) is 40.3. The van der Waals surface area contributed by atoms with Crippen LogP contribution in [0.25, 0.3) is 65.3 Å². The summed E-state index contributed by atoms with van der Waals surface area (Å²) in [6.45, 7) is 8.56. The Morgan fingerprint density at radius 3 is 1.15 bits per heavy atom. The van der Waals surface area contributed by atoms with Gasteiger partial charge >= 0.3 is 30.2 Å². The van der Waals surface area contributed by atoms with Crippen LogP contribution in [0.3, 0.4) is 0 Å². The van der Waals surface area contributed by atoms with E-state index in [0.29, 0.717) is 0 Å². The van der Waals surface area contributed by atoms with Gasteiger partial charge in [-0.3, -0.25) is 0 Å². The standard InChI is InChI=1S/2C30H29.C3H7.CH3.2ClH.Si.Zr/c2*1-2-5-23-18-25(9-8-22(23)4-1)28-7-3-6-24-11-21(17-30(24)28)16-29-26-12-19-10-20(14-26)15-27(29)13-19;1-3-2;;;;;/h2*1-9,11,17-20,26-27,29H,10,12-16H2;1,3H2,2H3;1H3;2*1H;;/q4*-1;;;;. The number of rotatable bonds is 6. The molecule has 0 atom stereocenters. The maximum Gasteiger partial charge on any atom is -0.0178 e. The fraction of sp³-hybridized carbons (Fsp3) is 0.375. The van der Waals surface area contributed by atoms with Gasteiger partial charge in [-0.2, -0.15) is 18.6 Å². The first-order chi connectivity index (χ1) is 32.0. The number of halogens is 2. The molecular formula is C64H70Cl2SiZr-4. The molecule has 0 aliphatic heterocycles. The number of hydrogen-bond donors (Lipinski definition) is 0. The average molecular weight is 1030 g/mol. The smallest absolute Gasteiger partial charge is 0.0178 e. The van der Waals surface area contributed by atoms with Crippen LogP contribution in [0, 0.1) is 73.5 Å². The molecule has 2 radical (unpaired) electrons. The predicted molar refractivity (Wildman–Crippen MR) is 296 cm³/mol. The van der Waals surface area contributed by atoms with E-state index in [1.54, 1.807) is 24.0 Å². The van der Waals surface area contributed by atoms with Gasteiger partial charge in [0, 0.05) is 0 Å². The molecule has 16 rings (SSSR count). The molecule has 0 amide bonds. The molecule has 0 saturated heterocycles. The van der Waals surface area contributed by atoms with E-state index in [1.165, 1.54) is 153 Å². The number of hydrogen-bond acceptors (Lipinski definition) is 0. The molecule has 0 spiro atoms. The molecule has 0 unspecified atom stereocenters. The van der Waals surface area contributed by atoms with Gasteiger partial charge in [0.05, 0.1) is 0 Å². The van der Waals surface area contributed by atoms with Gasteiger partial charge < -0.3 is 14.4 Å². The van der Waals surface area contributed by atoms with Crippen LogP contribution in [0.1, 0.15) is 88.7 Å². The molecule has 8 aromatic carbocycles. The van der Waals surface area contributed by atoms with Crippen LogP contribution in [0.2, 0.25) is 0 Å². The van der Waals surface area contributed by atoms with E-state index in [9.17, 15) is 0 Å². The Morgan fingerprint density at radius 1 is 0.456 bits per heavy atom. The Hall–Kier alpha value is -3.26. The van der Waals surface area contributed by atoms with Crippen LogP contribution >= 0.6 is 24.8 Å². The first-order valence-corrected chi connectivity index (χ1v) is 29.6. The number of benzene rings is 6. The van der Waals surface area contributed by atoms with Crippen molar-refractivity contribution < 1.29 is 23.3 Å². The van der Waals surface area contributed by atoms with E-state index >= 15 is 0 Å². The van der Waals surface area contributed by atoms with Crippen molar-refractivity contribution in [3.63, 3.8) is 0 Å². The summed E-state index contributed by atoms with van der Waals surface area (Å²) >= 11 is 1.36. The van der Waals surface area contributed by atoms with Crippen LogP contribution in [0.4, 0.5) is 0 Å². The van der Waals surface area contributed by atoms with E-state index < -0.39 is 0 Å². The molecule has 0 aromatic heterocycles. The van der Waals surface area contributed by atoms with E-state index in [0.717, 1.165) is 65.6 Å². The monoisotopic (exact) mass is 1030 g/mol. The van der Waals surface area contributed by atoms with Gasteiger partial charge in [0.1, 0.15) is 0 Å². The summed E-state index contributed by atoms with van der Waals surface area (Å²) in [7, 11) is 0. The summed E-state index contributed by atoms with van der Waals surface area (Å²) in [5.41, 5.74) is 8.60. The van der Waals surface area contributed by atoms with Gasteiger partial charge in [-0.15, -0.1) is 93.9 Å². The summed E-state index contributed by atoms with van der Waals surface area (Å²) in [6.07, 6.45) is 18.9. The van der Waals surface area contributed by atoms with E-state index in [1.807, 2.05) is 6.92 Å². The minimum atomic E-state index is 0. The predicted octanol–water partition coefficient (Wildman–Crippen LogP) is 18.1. The summed E-state index contributed by atoms with van der Waals surface area (Å²) in [6, 6.07) is 54.9. The third-order valence-electron chi connectivity index (χ3n) is 17.5. The van der Waals surface area contributed by atoms with Crippen molar-refractivity contribution in [3.05, 3.63) is 171 Å². The minimum absolute atomic E-state index is 0. The van der Waals surface area contributed by atoms with Crippen molar-refractivity contribution in [2.45, 2.75) is 90.4 Å². The molecule has 8 aliphatic carbocycles. The quantitative estimate of drug-likeness (QED) is 0.115. The summed E-state index contributed by atoms with van der Waals surface area (Å²) in [4.78, 5) is 0. The summed E-state index contributed by atoms with van der Waals surface area (Å²) < 4.78 is 0. The zero-order chi connectivity index (χ0) is 44.0. The fourth-order valence-corrected chi connectivity index (χ4v) is 15.3. The van der Waals surface area contributed by atoms with Crippen LogP contribution in [-0.2, 0) is 36.2 Å². The fourth-order valence-electron chi connectivity index (χ4n) is 15.3. The zero-order valence-corrected chi connectivity index (χ0v) is 45.4. The Morgan fingerprint density at radius 2 is 0.794 bits per heavy atom. The molecule has 8 bridgehead atoms. The molecule has 8 aliphatic rings. The maximum atomic E-state index is 3.49. The number of fused-ring (bicyclic) bond motifs is 4. The second kappa shape index (κ2) is 22.4. The molecule has 4 heteroatoms. The molecule has 8 aromatic rings. The Balaban J connectivity index is 0.000000162. The van der Waals surface area contributed by atoms with Gasteiger partial charge in [0.25, 0.3) is 0 Å². The van der Waals surface area contributed by atoms with Gasteiger partial charge in [-0.05, 0) is 181 Å². The van der Waals surface area contributed by atoms with Crippen molar-refractivity contribution in [1.29, 1.82) is 0 Å². The molecule has 8 saturated carbocycles. The maximum absolute atomic E-state index is 3.49. The van der Waals surface area contributed by atoms with Gasteiger partial charge in [0.2, 0.25) is 0 Å². The van der Waals surface area contributed by atoms with Crippen molar-refractivity contribution in [2.24, 2.45) is 59.2 Å². The van der Waals surface area contributed by atoms with Crippen LogP contribution in [-0.4, -0.2) is 6.88 Å². The minimum Gasteiger partial charge on any atom is -0.164 e. The van der Waals surface area contributed by atoms with Gasteiger partial charge in [0.15, 0.2) is 0 Å². The van der Waals surface area contributed by atoms with E-state index in [-0.39, 0.29) is 32.2 Å². The Kier molecular flexibility index (Phi) is 16.9. The second-order valence-corrected chi connectivity index (χ2v) is 21.6. The van der Waals surface area contributed by atoms with Crippen molar-refractivity contribution in [1.82, 2.24) is 0 Å². The molecule has 68 heavy (non-hydrogen) atoms. The first kappa shape index (κ1) is 51.1. The van der Waals surface area contributed by atoms with Gasteiger partial charge in [-0.1, -0.05) is 103 Å². The molecule has 352 valence electrons. The van der Waals surface area contributed by atoms with Crippen molar-refractivity contribution >= 4 is 74.8 Å². The summed E-state index contributed by atoms with van der Waals surface area (Å²) in [5.74, 6) is 10.2. The third-order valence-corrected chi connectivity index (χ3v) is 17.5. The van der Waals surface area contributed by atoms with Crippen LogP contribution in [0.15, 0.2) is 146 Å². The van der Waals surface area contributed by atoms with Gasteiger partial charge in [-0.25, -0.2) is 0 Å². The van der Waals surface area contributed by atoms with Crippen LogP contribution < -0.4 is 0 Å². The molecule has 0 N–H and O–H groups in total. The SMILES string of the molecule is Cl.Cl.[CH2-]CC.[CH3-].[Si]=[Zr].c1ccc2cc(-c3cccc4[cH-]c(CC5C6CC7CC(C6)CC5C7)cc34)ccc2c1.c1ccc2cc(-c3cccc4[cH-]c(CC5C6CC7CC(C6)CC5C7)cc34)ccc2c1. The molecule has 0 heterocycles. The first-order valence-electron chi connectivity index (χ1n) is 25.4. The van der Waals surface area contributed by atoms with E-state index in [4.69, 9.17) is 0 Å². The molecule has 0 nitrogen and oxygen atoms in total. The van der Waals surface area contributed by atoms with Crippen molar-refractivity contribution in [2.75, 3.05) is 0 Å². The van der Waals surface area contributed by atoms with Crippen LogP contribution in [0.5, 0.6) is 0 Å². The Bertz CT molecular complexity index is 2680. The largest absolute Gasteiger partial charge is 0.164 e. The normalized spacial score (nSPS) is 26.6. The van der Waals surface area contributed by atoms with Crippen molar-refractivity contribution in [3.8, 4) is 22.3 Å². The Labute approximate surface area is 437 Å².